The number of aryl methyl sites for hydroxylation is 1. The molecule has 146 valence electrons. The van der Waals surface area contributed by atoms with E-state index in [1.165, 1.54) is 41.5 Å². The maximum Gasteiger partial charge on any atom is 0.0601 e. The van der Waals surface area contributed by atoms with E-state index in [2.05, 4.69) is 92.0 Å². The molecule has 0 saturated carbocycles. The molecule has 28 heavy (non-hydrogen) atoms. The van der Waals surface area contributed by atoms with Gasteiger partial charge in [0.15, 0.2) is 0 Å². The monoisotopic (exact) mass is 371 g/mol. The van der Waals surface area contributed by atoms with Crippen LogP contribution in [0, 0.1) is 5.92 Å². The van der Waals surface area contributed by atoms with Gasteiger partial charge in [0.2, 0.25) is 0 Å². The van der Waals surface area contributed by atoms with Crippen molar-refractivity contribution in [3.63, 3.8) is 0 Å². The van der Waals surface area contributed by atoms with E-state index in [0.717, 1.165) is 19.4 Å². The van der Waals surface area contributed by atoms with E-state index in [9.17, 15) is 0 Å². The molecule has 1 nitrogen and oxygen atoms in total. The Labute approximate surface area is 170 Å². The summed E-state index contributed by atoms with van der Waals surface area (Å²) in [4.78, 5) is 0. The summed E-state index contributed by atoms with van der Waals surface area (Å²) in [7, 11) is 0. The minimum Gasteiger partial charge on any atom is -0.312 e. The lowest BCUT2D eigenvalue weighted by molar-refractivity contribution is 0.430. The fourth-order valence-corrected chi connectivity index (χ4v) is 5.12. The molecule has 2 aromatic carbocycles. The zero-order chi connectivity index (χ0) is 19.4. The van der Waals surface area contributed by atoms with Gasteiger partial charge in [-0.1, -0.05) is 86.7 Å². The summed E-state index contributed by atoms with van der Waals surface area (Å²) in [5.41, 5.74) is 5.57. The second-order valence-corrected chi connectivity index (χ2v) is 8.30. The van der Waals surface area contributed by atoms with Crippen LogP contribution in [0.15, 0.2) is 78.4 Å². The summed E-state index contributed by atoms with van der Waals surface area (Å²) >= 11 is 0. The molecule has 4 rings (SSSR count). The summed E-state index contributed by atoms with van der Waals surface area (Å²) in [5, 5.41) is 3.87. The van der Waals surface area contributed by atoms with Gasteiger partial charge in [-0.2, -0.15) is 0 Å². The molecule has 0 aromatic heterocycles. The van der Waals surface area contributed by atoms with E-state index in [1.54, 1.807) is 0 Å². The third-order valence-corrected chi connectivity index (χ3v) is 6.80. The summed E-state index contributed by atoms with van der Waals surface area (Å²) in [6.45, 7) is 5.64. The van der Waals surface area contributed by atoms with Crippen LogP contribution in [0.3, 0.4) is 0 Å². The summed E-state index contributed by atoms with van der Waals surface area (Å²) in [5.74, 6) is 0.677. The molecular formula is C27H33N. The van der Waals surface area contributed by atoms with Crippen LogP contribution in [0.2, 0.25) is 0 Å². The first-order valence-corrected chi connectivity index (χ1v) is 11.1. The van der Waals surface area contributed by atoms with Gasteiger partial charge in [-0.05, 0) is 66.8 Å². The molecule has 0 amide bonds. The van der Waals surface area contributed by atoms with Gasteiger partial charge in [0.05, 0.1) is 5.41 Å². The average molecular weight is 372 g/mol. The molecule has 1 aliphatic heterocycles. The van der Waals surface area contributed by atoms with Crippen LogP contribution >= 0.6 is 0 Å². The Kier molecular flexibility index (Phi) is 5.82. The second kappa shape index (κ2) is 8.49. The molecule has 1 fully saturated rings. The first kappa shape index (κ1) is 19.2. The molecule has 2 aromatic rings. The van der Waals surface area contributed by atoms with Crippen molar-refractivity contribution in [1.29, 1.82) is 0 Å². The van der Waals surface area contributed by atoms with Gasteiger partial charge in [0.1, 0.15) is 0 Å². The average Bonchev–Trinajstić information content (AvgIpc) is 3.31. The van der Waals surface area contributed by atoms with Gasteiger partial charge in [0.25, 0.3) is 0 Å². The van der Waals surface area contributed by atoms with Gasteiger partial charge >= 0.3 is 0 Å². The third-order valence-electron chi connectivity index (χ3n) is 6.80. The lowest BCUT2D eigenvalue weighted by Gasteiger charge is -2.43. The predicted molar refractivity (Wildman–Crippen MR) is 120 cm³/mol. The molecule has 1 aliphatic carbocycles. The van der Waals surface area contributed by atoms with Gasteiger partial charge in [-0.15, -0.1) is 0 Å². The molecule has 1 saturated heterocycles. The van der Waals surface area contributed by atoms with Crippen LogP contribution in [-0.2, 0) is 11.8 Å². The molecule has 0 bridgehead atoms. The lowest BCUT2D eigenvalue weighted by Crippen LogP contribution is -2.47. The fraction of sp³-hybridized carbons (Fsp3) is 0.407. The van der Waals surface area contributed by atoms with Crippen molar-refractivity contribution in [3.05, 3.63) is 95.1 Å². The van der Waals surface area contributed by atoms with Gasteiger partial charge in [0, 0.05) is 6.04 Å². The van der Waals surface area contributed by atoms with Gasteiger partial charge < -0.3 is 5.32 Å². The van der Waals surface area contributed by atoms with E-state index in [0.29, 0.717) is 12.0 Å². The van der Waals surface area contributed by atoms with Crippen molar-refractivity contribution < 1.29 is 0 Å². The number of allylic oxidation sites excluding steroid dienone is 3. The lowest BCUT2D eigenvalue weighted by atomic mass is 9.62. The van der Waals surface area contributed by atoms with Crippen molar-refractivity contribution >= 4 is 0 Å². The zero-order valence-electron chi connectivity index (χ0n) is 17.3. The highest BCUT2D eigenvalue weighted by atomic mass is 15.0. The zero-order valence-corrected chi connectivity index (χ0v) is 17.3. The van der Waals surface area contributed by atoms with E-state index >= 15 is 0 Å². The van der Waals surface area contributed by atoms with Crippen LogP contribution in [0.25, 0.3) is 0 Å². The van der Waals surface area contributed by atoms with Crippen molar-refractivity contribution in [2.75, 3.05) is 6.54 Å². The SMILES string of the molecule is CCc1ccc([C@@](C2=CCC(CC)C=C2)(c2ccccc2)C2CCCN2)cc1. The Morgan fingerprint density at radius 3 is 2.29 bits per heavy atom. The number of hydrogen-bond donors (Lipinski definition) is 1. The Bertz CT molecular complexity index is 824. The van der Waals surface area contributed by atoms with Crippen LogP contribution in [0.5, 0.6) is 0 Å². The number of benzene rings is 2. The van der Waals surface area contributed by atoms with Crippen molar-refractivity contribution in [3.8, 4) is 0 Å². The smallest absolute Gasteiger partial charge is 0.0601 e. The Balaban J connectivity index is 1.92. The number of nitrogens with one attached hydrogen (secondary N) is 1. The highest BCUT2D eigenvalue weighted by Gasteiger charge is 2.45. The second-order valence-electron chi connectivity index (χ2n) is 8.30. The molecule has 1 N–H and O–H groups in total. The van der Waals surface area contributed by atoms with Crippen molar-refractivity contribution in [2.24, 2.45) is 5.92 Å². The van der Waals surface area contributed by atoms with E-state index in [-0.39, 0.29) is 5.41 Å². The Morgan fingerprint density at radius 1 is 0.964 bits per heavy atom. The fourth-order valence-electron chi connectivity index (χ4n) is 5.12. The molecule has 3 atom stereocenters. The maximum atomic E-state index is 3.87. The van der Waals surface area contributed by atoms with Crippen molar-refractivity contribution in [1.82, 2.24) is 5.32 Å². The van der Waals surface area contributed by atoms with Crippen LogP contribution in [0.4, 0.5) is 0 Å². The summed E-state index contributed by atoms with van der Waals surface area (Å²) in [6, 6.07) is 21.0. The largest absolute Gasteiger partial charge is 0.312 e. The van der Waals surface area contributed by atoms with Gasteiger partial charge in [-0.3, -0.25) is 0 Å². The molecule has 2 unspecified atom stereocenters. The number of hydrogen-bond acceptors (Lipinski definition) is 1. The number of rotatable bonds is 6. The normalized spacial score (nSPS) is 24.0. The molecule has 2 aliphatic rings. The third kappa shape index (κ3) is 3.37. The first-order valence-electron chi connectivity index (χ1n) is 11.1. The van der Waals surface area contributed by atoms with E-state index < -0.39 is 0 Å². The maximum absolute atomic E-state index is 3.87. The quantitative estimate of drug-likeness (QED) is 0.637. The molecule has 1 heterocycles. The summed E-state index contributed by atoms with van der Waals surface area (Å²) in [6.07, 6.45) is 13.3. The van der Waals surface area contributed by atoms with E-state index in [4.69, 9.17) is 0 Å². The highest BCUT2D eigenvalue weighted by Crippen LogP contribution is 2.47. The summed E-state index contributed by atoms with van der Waals surface area (Å²) < 4.78 is 0. The van der Waals surface area contributed by atoms with Gasteiger partial charge in [-0.25, -0.2) is 0 Å². The van der Waals surface area contributed by atoms with Crippen LogP contribution in [-0.4, -0.2) is 12.6 Å². The topological polar surface area (TPSA) is 12.0 Å². The standard InChI is InChI=1S/C27H33N/c1-3-21-12-16-24(17-13-21)27(26-11-8-20-28-26,23-9-6-5-7-10-23)25-18-14-22(4-2)15-19-25/h5-7,9-10,12-14,16-19,22,26,28H,3-4,8,11,15,20H2,1-2H3/t22?,26?,27-/m1/s1. The van der Waals surface area contributed by atoms with E-state index in [1.807, 2.05) is 0 Å². The predicted octanol–water partition coefficient (Wildman–Crippen LogP) is 6.20. The molecule has 0 radical (unpaired) electrons. The highest BCUT2D eigenvalue weighted by molar-refractivity contribution is 5.55. The molecule has 0 spiro atoms. The molecular weight excluding hydrogens is 338 g/mol. The first-order chi connectivity index (χ1) is 13.8. The minimum atomic E-state index is -0.126. The van der Waals surface area contributed by atoms with Crippen LogP contribution in [0.1, 0.15) is 56.2 Å². The molecule has 1 heteroatoms. The van der Waals surface area contributed by atoms with Crippen LogP contribution < -0.4 is 5.32 Å². The minimum absolute atomic E-state index is 0.126. The van der Waals surface area contributed by atoms with Crippen molar-refractivity contribution in [2.45, 2.75) is 57.4 Å². The Hall–Kier alpha value is -2.12. The Morgan fingerprint density at radius 2 is 1.71 bits per heavy atom.